The summed E-state index contributed by atoms with van der Waals surface area (Å²) in [7, 11) is -2.37. The molecular weight excluding hydrogens is 444 g/mol. The summed E-state index contributed by atoms with van der Waals surface area (Å²) in [6.45, 7) is 4.18. The lowest BCUT2D eigenvalue weighted by Gasteiger charge is -2.23. The largest absolute Gasteiger partial charge is 0.495 e. The Morgan fingerprint density at radius 2 is 2.04 bits per heavy atom. The molecule has 0 bridgehead atoms. The van der Waals surface area contributed by atoms with Crippen molar-refractivity contribution >= 4 is 37.5 Å². The van der Waals surface area contributed by atoms with Gasteiger partial charge < -0.3 is 9.64 Å². The molecule has 0 fully saturated rings. The number of ether oxygens (including phenoxy) is 1. The van der Waals surface area contributed by atoms with Crippen molar-refractivity contribution in [2.24, 2.45) is 0 Å². The fourth-order valence-corrected chi connectivity index (χ4v) is 5.12. The van der Waals surface area contributed by atoms with Gasteiger partial charge in [-0.2, -0.15) is 0 Å². The maximum Gasteiger partial charge on any atom is 0.258 e. The summed E-state index contributed by atoms with van der Waals surface area (Å²) in [5.41, 5.74) is 2.24. The topological polar surface area (TPSA) is 75.7 Å². The van der Waals surface area contributed by atoms with Crippen LogP contribution in [0.4, 0.5) is 5.69 Å². The van der Waals surface area contributed by atoms with Crippen molar-refractivity contribution in [3.05, 3.63) is 52.0 Å². The maximum absolute atomic E-state index is 13.3. The van der Waals surface area contributed by atoms with Crippen molar-refractivity contribution in [3.63, 3.8) is 0 Å². The van der Waals surface area contributed by atoms with Crippen molar-refractivity contribution < 1.29 is 17.9 Å². The molecule has 28 heavy (non-hydrogen) atoms. The number of sulfonamides is 1. The monoisotopic (exact) mass is 466 g/mol. The first-order valence-corrected chi connectivity index (χ1v) is 11.4. The normalized spacial score (nSPS) is 16.1. The first-order valence-electron chi connectivity index (χ1n) is 9.08. The zero-order valence-corrected chi connectivity index (χ0v) is 18.4. The number of halogens is 1. The van der Waals surface area contributed by atoms with Gasteiger partial charge in [0.2, 0.25) is 10.0 Å². The minimum atomic E-state index is -3.78. The third-order valence-corrected chi connectivity index (χ3v) is 6.69. The van der Waals surface area contributed by atoms with Crippen molar-refractivity contribution in [2.75, 3.05) is 18.6 Å². The molecule has 1 atom stereocenters. The van der Waals surface area contributed by atoms with E-state index in [0.717, 1.165) is 22.1 Å². The van der Waals surface area contributed by atoms with Gasteiger partial charge in [0.25, 0.3) is 5.91 Å². The fraction of sp³-hybridized carbons (Fsp3) is 0.350. The van der Waals surface area contributed by atoms with E-state index in [1.807, 2.05) is 32.0 Å². The highest BCUT2D eigenvalue weighted by Crippen LogP contribution is 2.36. The molecule has 1 amide bonds. The van der Waals surface area contributed by atoms with Crippen LogP contribution in [0.25, 0.3) is 0 Å². The Hall–Kier alpha value is -1.90. The van der Waals surface area contributed by atoms with Crippen LogP contribution < -0.4 is 14.4 Å². The number of methoxy groups -OCH3 is 1. The number of fused-ring (bicyclic) bond motifs is 1. The van der Waals surface area contributed by atoms with E-state index in [4.69, 9.17) is 4.74 Å². The average Bonchev–Trinajstić information content (AvgIpc) is 3.00. The highest BCUT2D eigenvalue weighted by atomic mass is 79.9. The number of anilines is 1. The van der Waals surface area contributed by atoms with Crippen LogP contribution in [-0.4, -0.2) is 34.0 Å². The van der Waals surface area contributed by atoms with Crippen molar-refractivity contribution in [3.8, 4) is 5.75 Å². The second-order valence-electron chi connectivity index (χ2n) is 6.76. The number of hydrogen-bond acceptors (Lipinski definition) is 4. The Balaban J connectivity index is 2.01. The molecule has 0 unspecified atom stereocenters. The number of nitrogens with zero attached hydrogens (tertiary/aromatic N) is 1. The van der Waals surface area contributed by atoms with Crippen molar-refractivity contribution in [1.29, 1.82) is 0 Å². The van der Waals surface area contributed by atoms with E-state index in [1.54, 1.807) is 11.0 Å². The van der Waals surface area contributed by atoms with E-state index < -0.39 is 10.0 Å². The summed E-state index contributed by atoms with van der Waals surface area (Å²) in [6.07, 6.45) is 1.41. The Kier molecular flexibility index (Phi) is 6.12. The van der Waals surface area contributed by atoms with Crippen molar-refractivity contribution in [2.45, 2.75) is 37.6 Å². The standard InChI is InChI=1S/C20H23BrN2O4S/c1-4-9-22-28(25,26)19-12-14(5-8-18(19)27-3)20(24)23-13(2)10-15-11-16(21)6-7-17(15)23/h5-8,11-13,22H,4,9-10H2,1-3H3/t13-/m0/s1. The lowest BCUT2D eigenvalue weighted by atomic mass is 10.1. The molecule has 0 saturated heterocycles. The van der Waals surface area contributed by atoms with Crippen LogP contribution in [0.3, 0.4) is 0 Å². The Morgan fingerprint density at radius 3 is 2.71 bits per heavy atom. The molecule has 8 heteroatoms. The molecule has 0 saturated carbocycles. The number of nitrogens with one attached hydrogen (secondary N) is 1. The van der Waals surface area contributed by atoms with E-state index in [-0.39, 0.29) is 22.6 Å². The predicted molar refractivity (Wildman–Crippen MR) is 113 cm³/mol. The van der Waals surface area contributed by atoms with Crippen LogP contribution in [0.2, 0.25) is 0 Å². The quantitative estimate of drug-likeness (QED) is 0.703. The van der Waals surface area contributed by atoms with Gasteiger partial charge in [-0.05, 0) is 61.7 Å². The Labute approximate surface area is 174 Å². The molecule has 3 rings (SSSR count). The van der Waals surface area contributed by atoms with Crippen molar-refractivity contribution in [1.82, 2.24) is 4.72 Å². The number of hydrogen-bond donors (Lipinski definition) is 1. The average molecular weight is 467 g/mol. The third kappa shape index (κ3) is 3.94. The molecule has 2 aromatic rings. The van der Waals surface area contributed by atoms with Gasteiger partial charge in [0.05, 0.1) is 7.11 Å². The van der Waals surface area contributed by atoms with Gasteiger partial charge >= 0.3 is 0 Å². The number of carbonyl (C=O) groups is 1. The molecule has 0 radical (unpaired) electrons. The van der Waals surface area contributed by atoms with E-state index in [0.29, 0.717) is 18.5 Å². The first kappa shape index (κ1) is 20.8. The number of amides is 1. The van der Waals surface area contributed by atoms with E-state index >= 15 is 0 Å². The molecular formula is C20H23BrN2O4S. The van der Waals surface area contributed by atoms with Crippen LogP contribution in [0, 0.1) is 0 Å². The lowest BCUT2D eigenvalue weighted by Crippen LogP contribution is -2.36. The SMILES string of the molecule is CCCNS(=O)(=O)c1cc(C(=O)N2c3ccc(Br)cc3C[C@@H]2C)ccc1OC. The maximum atomic E-state index is 13.3. The predicted octanol–water partition coefficient (Wildman–Crippen LogP) is 3.74. The summed E-state index contributed by atoms with van der Waals surface area (Å²) in [5.74, 6) is -0.0258. The summed E-state index contributed by atoms with van der Waals surface area (Å²) in [6, 6.07) is 10.3. The number of benzene rings is 2. The van der Waals surface area contributed by atoms with E-state index in [1.165, 1.54) is 19.2 Å². The Bertz CT molecular complexity index is 1010. The van der Waals surface area contributed by atoms with Crippen LogP contribution in [0.1, 0.15) is 36.2 Å². The molecule has 6 nitrogen and oxygen atoms in total. The summed E-state index contributed by atoms with van der Waals surface area (Å²) < 4.78 is 34.0. The van der Waals surface area contributed by atoms with Gasteiger partial charge in [0, 0.05) is 28.3 Å². The van der Waals surface area contributed by atoms with E-state index in [9.17, 15) is 13.2 Å². The summed E-state index contributed by atoms with van der Waals surface area (Å²) >= 11 is 3.46. The van der Waals surface area contributed by atoms with Gasteiger partial charge in [0.1, 0.15) is 10.6 Å². The van der Waals surface area contributed by atoms with Gasteiger partial charge in [-0.1, -0.05) is 22.9 Å². The molecule has 1 heterocycles. The fourth-order valence-electron chi connectivity index (χ4n) is 3.38. The number of carbonyl (C=O) groups excluding carboxylic acids is 1. The zero-order chi connectivity index (χ0) is 20.5. The van der Waals surface area contributed by atoms with Crippen LogP contribution in [0.5, 0.6) is 5.75 Å². The lowest BCUT2D eigenvalue weighted by molar-refractivity contribution is 0.0981. The molecule has 1 N–H and O–H groups in total. The molecule has 2 aromatic carbocycles. The van der Waals surface area contributed by atoms with Crippen LogP contribution >= 0.6 is 15.9 Å². The minimum absolute atomic E-state index is 0.0165. The molecule has 0 aromatic heterocycles. The molecule has 1 aliphatic rings. The molecule has 150 valence electrons. The molecule has 0 aliphatic carbocycles. The summed E-state index contributed by atoms with van der Waals surface area (Å²) in [5, 5.41) is 0. The van der Waals surface area contributed by atoms with Gasteiger partial charge in [-0.3, -0.25) is 4.79 Å². The first-order chi connectivity index (χ1) is 13.3. The third-order valence-electron chi connectivity index (χ3n) is 4.72. The highest BCUT2D eigenvalue weighted by Gasteiger charge is 2.32. The minimum Gasteiger partial charge on any atom is -0.495 e. The number of rotatable bonds is 6. The van der Waals surface area contributed by atoms with Crippen LogP contribution in [-0.2, 0) is 16.4 Å². The zero-order valence-electron chi connectivity index (χ0n) is 16.0. The Morgan fingerprint density at radius 1 is 1.29 bits per heavy atom. The second-order valence-corrected chi connectivity index (χ2v) is 9.42. The van der Waals surface area contributed by atoms with E-state index in [2.05, 4.69) is 20.7 Å². The van der Waals surface area contributed by atoms with Crippen LogP contribution in [0.15, 0.2) is 45.8 Å². The molecule has 1 aliphatic heterocycles. The van der Waals surface area contributed by atoms with Gasteiger partial charge in [0.15, 0.2) is 0 Å². The van der Waals surface area contributed by atoms with Gasteiger partial charge in [-0.15, -0.1) is 0 Å². The van der Waals surface area contributed by atoms with Gasteiger partial charge in [-0.25, -0.2) is 13.1 Å². The highest BCUT2D eigenvalue weighted by molar-refractivity contribution is 9.10. The smallest absolute Gasteiger partial charge is 0.258 e. The second kappa shape index (κ2) is 8.23. The molecule has 0 spiro atoms. The summed E-state index contributed by atoms with van der Waals surface area (Å²) in [4.78, 5) is 14.9.